The molecule has 2 unspecified atom stereocenters. The molecule has 1 aliphatic heterocycles. The van der Waals surface area contributed by atoms with Gasteiger partial charge in [-0.2, -0.15) is 0 Å². The first-order valence-electron chi connectivity index (χ1n) is 4.93. The Morgan fingerprint density at radius 2 is 1.80 bits per heavy atom. The minimum atomic E-state index is -0.0596. The van der Waals surface area contributed by atoms with E-state index in [9.17, 15) is 0 Å². The third kappa shape index (κ3) is 2.25. The van der Waals surface area contributed by atoms with Gasteiger partial charge in [-0.1, -0.05) is 23.2 Å². The Hall–Kier alpha value is -0.380. The maximum Gasteiger partial charge on any atom is 0.160 e. The summed E-state index contributed by atoms with van der Waals surface area (Å²) < 4.78 is 5.65. The molecule has 1 aliphatic rings. The summed E-state index contributed by atoms with van der Waals surface area (Å²) in [5, 5.41) is 0.821. The lowest BCUT2D eigenvalue weighted by molar-refractivity contribution is 0.0503. The Morgan fingerprint density at radius 1 is 1.20 bits per heavy atom. The molecule has 1 saturated heterocycles. The van der Waals surface area contributed by atoms with E-state index in [1.54, 1.807) is 6.92 Å². The fourth-order valence-corrected chi connectivity index (χ4v) is 2.02. The molecule has 0 spiro atoms. The number of hydrogen-bond acceptors (Lipinski definition) is 3. The highest BCUT2D eigenvalue weighted by atomic mass is 35.5. The minimum absolute atomic E-state index is 0.0596. The summed E-state index contributed by atoms with van der Waals surface area (Å²) in [4.78, 5) is 8.39. The summed E-state index contributed by atoms with van der Waals surface area (Å²) in [6, 6.07) is 0. The first-order chi connectivity index (χ1) is 7.08. The van der Waals surface area contributed by atoms with E-state index < -0.39 is 0 Å². The Kier molecular flexibility index (Phi) is 3.14. The smallest absolute Gasteiger partial charge is 0.160 e. The fourth-order valence-electron chi connectivity index (χ4n) is 1.62. The normalized spacial score (nSPS) is 25.9. The molecule has 2 heterocycles. The van der Waals surface area contributed by atoms with Gasteiger partial charge in [-0.05, 0) is 26.7 Å². The number of ether oxygens (including phenoxy) is 1. The molecule has 0 N–H and O–H groups in total. The van der Waals surface area contributed by atoms with Crippen LogP contribution in [0.2, 0.25) is 10.3 Å². The zero-order valence-corrected chi connectivity index (χ0v) is 10.1. The Balaban J connectivity index is 2.29. The van der Waals surface area contributed by atoms with Gasteiger partial charge in [0.1, 0.15) is 16.4 Å². The topological polar surface area (TPSA) is 35.0 Å². The van der Waals surface area contributed by atoms with Gasteiger partial charge in [0.15, 0.2) is 5.82 Å². The maximum atomic E-state index is 5.94. The molecular weight excluding hydrogens is 235 g/mol. The zero-order chi connectivity index (χ0) is 11.0. The molecule has 1 aromatic rings. The number of hydrogen-bond donors (Lipinski definition) is 0. The molecule has 1 aromatic heterocycles. The lowest BCUT2D eigenvalue weighted by Crippen LogP contribution is -2.06. The average molecular weight is 247 g/mol. The van der Waals surface area contributed by atoms with Crippen molar-refractivity contribution in [3.63, 3.8) is 0 Å². The molecule has 0 amide bonds. The predicted molar refractivity (Wildman–Crippen MR) is 59.3 cm³/mol. The van der Waals surface area contributed by atoms with Crippen molar-refractivity contribution in [1.82, 2.24) is 9.97 Å². The van der Waals surface area contributed by atoms with Crippen LogP contribution in [0.25, 0.3) is 0 Å². The minimum Gasteiger partial charge on any atom is -0.367 e. The van der Waals surface area contributed by atoms with Crippen LogP contribution in [-0.2, 0) is 4.74 Å². The molecule has 0 radical (unpaired) electrons. The summed E-state index contributed by atoms with van der Waals surface area (Å²) in [5.41, 5.74) is 0.716. The van der Waals surface area contributed by atoms with E-state index in [1.807, 2.05) is 6.92 Å². The number of rotatable bonds is 1. The van der Waals surface area contributed by atoms with Gasteiger partial charge in [0.2, 0.25) is 0 Å². The van der Waals surface area contributed by atoms with Crippen molar-refractivity contribution in [2.24, 2.45) is 0 Å². The second-order valence-electron chi connectivity index (χ2n) is 3.80. The van der Waals surface area contributed by atoms with Gasteiger partial charge >= 0.3 is 0 Å². The highest BCUT2D eigenvalue weighted by Crippen LogP contribution is 2.32. The molecule has 82 valence electrons. The summed E-state index contributed by atoms with van der Waals surface area (Å²) in [7, 11) is 0. The summed E-state index contributed by atoms with van der Waals surface area (Å²) in [5.74, 6) is 0.597. The SMILES string of the molecule is Cc1c(Cl)nc(C2CCC(C)O2)nc1Cl. The van der Waals surface area contributed by atoms with Gasteiger partial charge in [-0.15, -0.1) is 0 Å². The molecule has 1 fully saturated rings. The monoisotopic (exact) mass is 246 g/mol. The highest BCUT2D eigenvalue weighted by Gasteiger charge is 2.26. The van der Waals surface area contributed by atoms with Gasteiger partial charge in [0.25, 0.3) is 0 Å². The molecule has 0 bridgehead atoms. The Bertz CT molecular complexity index is 361. The van der Waals surface area contributed by atoms with Gasteiger partial charge in [0.05, 0.1) is 6.10 Å². The number of halogens is 2. The van der Waals surface area contributed by atoms with E-state index in [1.165, 1.54) is 0 Å². The Morgan fingerprint density at radius 3 is 2.27 bits per heavy atom. The van der Waals surface area contributed by atoms with Crippen molar-refractivity contribution in [3.05, 3.63) is 21.7 Å². The highest BCUT2D eigenvalue weighted by molar-refractivity contribution is 6.34. The predicted octanol–water partition coefficient (Wildman–Crippen LogP) is 3.33. The van der Waals surface area contributed by atoms with Gasteiger partial charge in [-0.3, -0.25) is 0 Å². The van der Waals surface area contributed by atoms with Crippen LogP contribution in [0.15, 0.2) is 0 Å². The molecule has 2 atom stereocenters. The van der Waals surface area contributed by atoms with Crippen molar-refractivity contribution >= 4 is 23.2 Å². The van der Waals surface area contributed by atoms with Gasteiger partial charge < -0.3 is 4.74 Å². The molecule has 2 rings (SSSR count). The quantitative estimate of drug-likeness (QED) is 0.714. The van der Waals surface area contributed by atoms with Crippen LogP contribution < -0.4 is 0 Å². The zero-order valence-electron chi connectivity index (χ0n) is 8.63. The van der Waals surface area contributed by atoms with E-state index in [4.69, 9.17) is 27.9 Å². The molecule has 3 nitrogen and oxygen atoms in total. The molecule has 15 heavy (non-hydrogen) atoms. The maximum absolute atomic E-state index is 5.94. The fraction of sp³-hybridized carbons (Fsp3) is 0.600. The molecule has 0 aliphatic carbocycles. The number of nitrogens with zero attached hydrogens (tertiary/aromatic N) is 2. The van der Waals surface area contributed by atoms with E-state index in [2.05, 4.69) is 9.97 Å². The Labute approximate surface area is 98.8 Å². The van der Waals surface area contributed by atoms with E-state index in [0.29, 0.717) is 21.7 Å². The van der Waals surface area contributed by atoms with Gasteiger partial charge in [0, 0.05) is 5.56 Å². The summed E-state index contributed by atoms with van der Waals surface area (Å²) >= 11 is 11.9. The van der Waals surface area contributed by atoms with Crippen LogP contribution in [0.4, 0.5) is 0 Å². The van der Waals surface area contributed by atoms with Crippen molar-refractivity contribution in [3.8, 4) is 0 Å². The summed E-state index contributed by atoms with van der Waals surface area (Å²) in [6.07, 6.45) is 2.15. The lowest BCUT2D eigenvalue weighted by Gasteiger charge is -2.11. The van der Waals surface area contributed by atoms with Crippen LogP contribution in [-0.4, -0.2) is 16.1 Å². The number of aromatic nitrogens is 2. The largest absolute Gasteiger partial charge is 0.367 e. The molecule has 0 saturated carbocycles. The second-order valence-corrected chi connectivity index (χ2v) is 4.52. The van der Waals surface area contributed by atoms with Gasteiger partial charge in [-0.25, -0.2) is 9.97 Å². The van der Waals surface area contributed by atoms with Crippen LogP contribution >= 0.6 is 23.2 Å². The molecule has 0 aromatic carbocycles. The van der Waals surface area contributed by atoms with E-state index in [-0.39, 0.29) is 12.2 Å². The van der Waals surface area contributed by atoms with Crippen molar-refractivity contribution < 1.29 is 4.74 Å². The second kappa shape index (κ2) is 4.24. The van der Waals surface area contributed by atoms with Crippen molar-refractivity contribution in [1.29, 1.82) is 0 Å². The third-order valence-electron chi connectivity index (χ3n) is 2.56. The first-order valence-corrected chi connectivity index (χ1v) is 5.68. The average Bonchev–Trinajstić information content (AvgIpc) is 2.60. The molecular formula is C10H12Cl2N2O. The van der Waals surface area contributed by atoms with E-state index in [0.717, 1.165) is 12.8 Å². The first kappa shape index (κ1) is 11.1. The third-order valence-corrected chi connectivity index (χ3v) is 3.30. The standard InChI is InChI=1S/C10H12Cl2N2O/c1-5-3-4-7(15-5)10-13-8(11)6(2)9(12)14-10/h5,7H,3-4H2,1-2H3. The summed E-state index contributed by atoms with van der Waals surface area (Å²) in [6.45, 7) is 3.84. The van der Waals surface area contributed by atoms with Crippen molar-refractivity contribution in [2.75, 3.05) is 0 Å². The van der Waals surface area contributed by atoms with Crippen LogP contribution in [0.3, 0.4) is 0 Å². The molecule has 5 heteroatoms. The van der Waals surface area contributed by atoms with Crippen LogP contribution in [0, 0.1) is 6.92 Å². The van der Waals surface area contributed by atoms with Crippen molar-refractivity contribution in [2.45, 2.75) is 38.9 Å². The van der Waals surface area contributed by atoms with Crippen LogP contribution in [0.1, 0.15) is 37.3 Å². The lowest BCUT2D eigenvalue weighted by atomic mass is 10.2. The van der Waals surface area contributed by atoms with Crippen LogP contribution in [0.5, 0.6) is 0 Å². The van der Waals surface area contributed by atoms with E-state index >= 15 is 0 Å².